The molecule has 0 spiro atoms. The van der Waals surface area contributed by atoms with Gasteiger partial charge in [0.05, 0.1) is 0 Å². The Morgan fingerprint density at radius 3 is 0.897 bits per heavy atom. The minimum absolute atomic E-state index is 0.843. The number of aryl methyl sites for hydroxylation is 6. The van der Waals surface area contributed by atoms with E-state index in [2.05, 4.69) is 187 Å². The molecular weight excluding hydrogens is 1050 g/mol. The molecule has 0 saturated carbocycles. The zero-order valence-electron chi connectivity index (χ0n) is 51.3. The smallest absolute Gasteiger partial charge is 0.140 e. The third kappa shape index (κ3) is 16.1. The van der Waals surface area contributed by atoms with Crippen molar-refractivity contribution in [3.63, 3.8) is 0 Å². The van der Waals surface area contributed by atoms with Gasteiger partial charge in [-0.05, 0) is 144 Å². The summed E-state index contributed by atoms with van der Waals surface area (Å²) in [6.07, 6.45) is 41.2. The first-order valence-electron chi connectivity index (χ1n) is 32.7. The summed E-state index contributed by atoms with van der Waals surface area (Å²) < 4.78 is 0. The zero-order chi connectivity index (χ0) is 55.3. The van der Waals surface area contributed by atoms with Gasteiger partial charge in [0.25, 0.3) is 0 Å². The summed E-state index contributed by atoms with van der Waals surface area (Å²) >= 11 is 8.27. The van der Waals surface area contributed by atoms with Crippen LogP contribution in [0.1, 0.15) is 252 Å². The van der Waals surface area contributed by atoms with Crippen molar-refractivity contribution in [1.82, 2.24) is 0 Å². The van der Waals surface area contributed by atoms with E-state index in [0.29, 0.717) is 0 Å². The Hall–Kier alpha value is -2.33. The van der Waals surface area contributed by atoms with E-state index in [-0.39, 0.29) is 0 Å². The van der Waals surface area contributed by atoms with Crippen LogP contribution in [0.25, 0.3) is 19.5 Å². The van der Waals surface area contributed by atoms with Crippen molar-refractivity contribution in [2.45, 2.75) is 274 Å². The van der Waals surface area contributed by atoms with E-state index in [9.17, 15) is 0 Å². The fourth-order valence-corrected chi connectivity index (χ4v) is 32.6. The minimum atomic E-state index is -2.06. The van der Waals surface area contributed by atoms with Gasteiger partial charge in [-0.1, -0.05) is 257 Å². The maximum atomic E-state index is 2.63. The van der Waals surface area contributed by atoms with Crippen LogP contribution in [0.3, 0.4) is 0 Å². The molecule has 6 heterocycles. The van der Waals surface area contributed by atoms with Crippen LogP contribution in [0.4, 0.5) is 0 Å². The molecule has 0 N–H and O–H groups in total. The van der Waals surface area contributed by atoms with E-state index in [4.69, 9.17) is 0 Å². The highest BCUT2D eigenvalue weighted by Crippen LogP contribution is 2.44. The number of hydrogen-bond donors (Lipinski definition) is 0. The molecule has 2 aromatic carbocycles. The number of rotatable bonds is 36. The number of benzene rings is 2. The molecule has 0 amide bonds. The van der Waals surface area contributed by atoms with Gasteiger partial charge in [0.1, 0.15) is 0 Å². The van der Waals surface area contributed by atoms with Gasteiger partial charge >= 0.3 is 0 Å². The van der Waals surface area contributed by atoms with Crippen LogP contribution in [0.5, 0.6) is 0 Å². The Morgan fingerprint density at radius 2 is 0.564 bits per heavy atom. The first-order valence-corrected chi connectivity index (χ1v) is 40.4. The number of thiophene rings is 4. The van der Waals surface area contributed by atoms with Gasteiger partial charge in [-0.15, -0.1) is 45.3 Å². The molecule has 2 unspecified atom stereocenters. The Morgan fingerprint density at radius 1 is 0.308 bits per heavy atom. The van der Waals surface area contributed by atoms with Crippen molar-refractivity contribution in [1.29, 1.82) is 0 Å². The molecule has 2 aliphatic rings. The van der Waals surface area contributed by atoms with E-state index >= 15 is 0 Å². The van der Waals surface area contributed by atoms with Crippen molar-refractivity contribution < 1.29 is 0 Å². The van der Waals surface area contributed by atoms with E-state index in [1.807, 2.05) is 0 Å². The molecule has 428 valence electrons. The fourth-order valence-electron chi connectivity index (χ4n) is 14.0. The van der Waals surface area contributed by atoms with E-state index in [1.165, 1.54) is 235 Å². The lowest BCUT2D eigenvalue weighted by molar-refractivity contribution is 0.431. The highest BCUT2D eigenvalue weighted by Gasteiger charge is 2.51. The van der Waals surface area contributed by atoms with Gasteiger partial charge < -0.3 is 0 Å². The molecule has 78 heavy (non-hydrogen) atoms. The van der Waals surface area contributed by atoms with E-state index < -0.39 is 16.1 Å². The van der Waals surface area contributed by atoms with Crippen molar-refractivity contribution in [2.75, 3.05) is 0 Å². The van der Waals surface area contributed by atoms with Gasteiger partial charge in [0, 0.05) is 39.0 Å². The summed E-state index contributed by atoms with van der Waals surface area (Å²) in [4.78, 5) is 12.5. The van der Waals surface area contributed by atoms with Crippen LogP contribution in [0.15, 0.2) is 72.8 Å². The SMILES string of the molecule is CCCCCCCCC(CCCCCC)C[Si]1(c2ccc(CCCCC)cc2)c2cc(C)sc2-c2sc(C)cc21.CCCCCCCc1ccc([Si]2(CC(CCCC)CCCCCC)c3cc(C)sc3-c3sc(C)cc32)cc1. The molecule has 8 rings (SSSR count). The van der Waals surface area contributed by atoms with Crippen molar-refractivity contribution >= 4 is 92.6 Å². The lowest BCUT2D eigenvalue weighted by atomic mass is 9.96. The first-order chi connectivity index (χ1) is 38.1. The van der Waals surface area contributed by atoms with Gasteiger partial charge in [0.15, 0.2) is 16.1 Å². The quantitative estimate of drug-likeness (QED) is 0.0272. The summed E-state index contributed by atoms with van der Waals surface area (Å²) in [6.45, 7) is 23.4. The molecule has 0 radical (unpaired) electrons. The van der Waals surface area contributed by atoms with E-state index in [0.717, 1.165) is 11.8 Å². The molecule has 4 aromatic heterocycles. The maximum absolute atomic E-state index is 2.63. The van der Waals surface area contributed by atoms with Crippen molar-refractivity contribution in [3.8, 4) is 19.5 Å². The topological polar surface area (TPSA) is 0 Å². The number of fused-ring (bicyclic) bond motifs is 6. The van der Waals surface area contributed by atoms with Crippen LogP contribution in [0, 0.1) is 39.5 Å². The standard InChI is InChI=1S/C37H56S2Si.C35H52S2Si/c1-6-9-12-14-15-18-21-32(20-17-13-10-7-2)28-40(33-24-22-31(23-25-33)19-16-11-8-3)34-26-29(4)38-36(34)37-35(40)27-30(5)39-37;1-6-9-12-14-16-18-29-20-22-31(23-21-29)38(26-30(17-11-8-3)19-15-13-10-7-2)32-24-27(4)36-34(32)35-33(38)25-28(5)37-35/h22-27,32H,6-21,28H2,1-5H3;20-25,30H,6-19,26H2,1-5H3. The van der Waals surface area contributed by atoms with Crippen molar-refractivity contribution in [3.05, 3.63) is 103 Å². The van der Waals surface area contributed by atoms with Gasteiger partial charge in [-0.3, -0.25) is 0 Å². The van der Waals surface area contributed by atoms with Gasteiger partial charge in [-0.25, -0.2) is 0 Å². The number of unbranched alkanes of at least 4 members (excludes halogenated alkanes) is 18. The van der Waals surface area contributed by atoms with Crippen LogP contribution in [-0.2, 0) is 12.8 Å². The molecule has 0 saturated heterocycles. The largest absolute Gasteiger partial charge is 0.152 e. The molecule has 0 aliphatic carbocycles. The summed E-state index contributed by atoms with van der Waals surface area (Å²) in [7, 11) is -4.10. The second-order valence-electron chi connectivity index (χ2n) is 24.8. The minimum Gasteiger partial charge on any atom is -0.140 e. The van der Waals surface area contributed by atoms with Crippen LogP contribution in [-0.4, -0.2) is 16.1 Å². The third-order valence-corrected chi connectivity index (χ3v) is 33.8. The second kappa shape index (κ2) is 32.5. The predicted octanol–water partition coefficient (Wildman–Crippen LogP) is 21.1. The molecule has 2 aliphatic heterocycles. The number of hydrogen-bond acceptors (Lipinski definition) is 4. The molecule has 6 heteroatoms. The molecule has 0 fully saturated rings. The molecule has 0 bridgehead atoms. The monoisotopic (exact) mass is 1160 g/mol. The molecule has 6 aromatic rings. The van der Waals surface area contributed by atoms with Gasteiger partial charge in [0.2, 0.25) is 0 Å². The van der Waals surface area contributed by atoms with Gasteiger partial charge in [-0.2, -0.15) is 0 Å². The summed E-state index contributed by atoms with van der Waals surface area (Å²) in [5.41, 5.74) is 3.07. The lowest BCUT2D eigenvalue weighted by Crippen LogP contribution is -2.65. The van der Waals surface area contributed by atoms with Crippen LogP contribution in [0.2, 0.25) is 12.1 Å². The summed E-state index contributed by atoms with van der Waals surface area (Å²) in [5.74, 6) is 1.69. The van der Waals surface area contributed by atoms with E-state index in [1.54, 1.807) is 50.6 Å². The Balaban J connectivity index is 0.000000226. The second-order valence-corrected chi connectivity index (χ2v) is 37.5. The normalized spacial score (nSPS) is 14.5. The highest BCUT2D eigenvalue weighted by atomic mass is 32.1. The third-order valence-electron chi connectivity index (χ3n) is 18.3. The van der Waals surface area contributed by atoms with Crippen LogP contribution < -0.4 is 31.1 Å². The Labute approximate surface area is 497 Å². The maximum Gasteiger partial charge on any atom is 0.152 e. The molecular formula is C72H108S4Si2. The Bertz CT molecular complexity index is 2540. The lowest BCUT2D eigenvalue weighted by Gasteiger charge is -2.34. The molecule has 0 nitrogen and oxygen atoms in total. The molecule has 2 atom stereocenters. The highest BCUT2D eigenvalue weighted by molar-refractivity contribution is 7.32. The zero-order valence-corrected chi connectivity index (χ0v) is 56.6. The fraction of sp³-hybridized carbons (Fsp3) is 0.611. The van der Waals surface area contributed by atoms with Crippen LogP contribution >= 0.6 is 45.3 Å². The average Bonchev–Trinajstić information content (AvgIpc) is 4.35. The summed E-state index contributed by atoms with van der Waals surface area (Å²) in [5, 5.41) is 10.4. The Kier molecular flexibility index (Phi) is 26.4. The van der Waals surface area contributed by atoms with Crippen molar-refractivity contribution in [2.24, 2.45) is 11.8 Å². The summed E-state index contributed by atoms with van der Waals surface area (Å²) in [6, 6.07) is 33.7. The predicted molar refractivity (Wildman–Crippen MR) is 364 cm³/mol. The first kappa shape index (κ1) is 63.3. The average molecular weight is 1160 g/mol.